The molecule has 2 rings (SSSR count). The van der Waals surface area contributed by atoms with Crippen LogP contribution >= 0.6 is 0 Å². The van der Waals surface area contributed by atoms with Crippen molar-refractivity contribution >= 4 is 21.7 Å². The predicted octanol–water partition coefficient (Wildman–Crippen LogP) is -0.0301. The number of ether oxygens (including phenoxy) is 2. The van der Waals surface area contributed by atoms with Crippen LogP contribution in [0.15, 0.2) is 0 Å². The van der Waals surface area contributed by atoms with Gasteiger partial charge in [-0.05, 0) is 11.8 Å². The Balaban J connectivity index is 1.84. The Hall–Kier alpha value is -1.19. The molecule has 0 bridgehead atoms. The van der Waals surface area contributed by atoms with E-state index in [4.69, 9.17) is 9.47 Å². The molecule has 0 aromatic carbocycles. The molecule has 150 valence electrons. The van der Waals surface area contributed by atoms with Crippen LogP contribution in [0.25, 0.3) is 0 Å². The molecule has 2 amide bonds. The third kappa shape index (κ3) is 6.21. The monoisotopic (exact) mass is 390 g/mol. The molecular weight excluding hydrogens is 360 g/mol. The number of sulfone groups is 1. The zero-order valence-corrected chi connectivity index (χ0v) is 16.6. The molecule has 1 N–H and O–H groups in total. The fraction of sp³-hybridized carbons (Fsp3) is 0.882. The van der Waals surface area contributed by atoms with Crippen LogP contribution in [0.5, 0.6) is 0 Å². The van der Waals surface area contributed by atoms with Gasteiger partial charge in [-0.25, -0.2) is 8.42 Å². The largest absolute Gasteiger partial charge is 0.377 e. The van der Waals surface area contributed by atoms with Crippen molar-refractivity contribution in [2.24, 2.45) is 5.41 Å². The van der Waals surface area contributed by atoms with Crippen LogP contribution in [-0.4, -0.2) is 81.7 Å². The Morgan fingerprint density at radius 3 is 2.65 bits per heavy atom. The van der Waals surface area contributed by atoms with E-state index in [-0.39, 0.29) is 48.8 Å². The Kier molecular flexibility index (Phi) is 7.04. The second-order valence-electron chi connectivity index (χ2n) is 7.80. The second-order valence-corrected chi connectivity index (χ2v) is 10.2. The van der Waals surface area contributed by atoms with E-state index in [0.717, 1.165) is 6.42 Å². The summed E-state index contributed by atoms with van der Waals surface area (Å²) in [4.78, 5) is 26.0. The highest BCUT2D eigenvalue weighted by atomic mass is 32.2. The number of morpholine rings is 1. The normalized spacial score (nSPS) is 25.9. The lowest BCUT2D eigenvalue weighted by Gasteiger charge is -2.35. The zero-order chi connectivity index (χ0) is 19.4. The van der Waals surface area contributed by atoms with Crippen LogP contribution in [0.3, 0.4) is 0 Å². The first-order chi connectivity index (χ1) is 12.1. The minimum Gasteiger partial charge on any atom is -0.377 e. The van der Waals surface area contributed by atoms with Crippen molar-refractivity contribution in [1.29, 1.82) is 0 Å². The third-order valence-corrected chi connectivity index (χ3v) is 6.34. The van der Waals surface area contributed by atoms with Crippen molar-refractivity contribution < 1.29 is 27.5 Å². The molecule has 26 heavy (non-hydrogen) atoms. The van der Waals surface area contributed by atoms with Gasteiger partial charge in [0.1, 0.15) is 5.75 Å². The Bertz CT molecular complexity index is 619. The van der Waals surface area contributed by atoms with E-state index in [1.807, 2.05) is 0 Å². The molecule has 0 aromatic heterocycles. The van der Waals surface area contributed by atoms with Crippen LogP contribution in [0.4, 0.5) is 0 Å². The maximum Gasteiger partial charge on any atom is 0.238 e. The molecule has 2 atom stereocenters. The van der Waals surface area contributed by atoms with E-state index in [0.29, 0.717) is 19.8 Å². The molecule has 2 saturated heterocycles. The van der Waals surface area contributed by atoms with E-state index < -0.39 is 21.5 Å². The summed E-state index contributed by atoms with van der Waals surface area (Å²) in [5.74, 6) is -1.14. The quantitative estimate of drug-likeness (QED) is 0.655. The summed E-state index contributed by atoms with van der Waals surface area (Å²) >= 11 is 0. The number of carbonyl (C=O) groups excluding carboxylic acids is 2. The fourth-order valence-electron chi connectivity index (χ4n) is 3.24. The molecule has 9 heteroatoms. The maximum absolute atomic E-state index is 12.3. The number of hydrogen-bond donors (Lipinski definition) is 1. The first kappa shape index (κ1) is 21.1. The molecule has 8 nitrogen and oxygen atoms in total. The Morgan fingerprint density at radius 2 is 2.04 bits per heavy atom. The van der Waals surface area contributed by atoms with E-state index in [1.165, 1.54) is 11.8 Å². The first-order valence-electron chi connectivity index (χ1n) is 9.08. The van der Waals surface area contributed by atoms with Crippen LogP contribution in [0, 0.1) is 5.41 Å². The number of amides is 2. The summed E-state index contributed by atoms with van der Waals surface area (Å²) < 4.78 is 34.5. The van der Waals surface area contributed by atoms with Crippen LogP contribution < -0.4 is 5.32 Å². The Labute approximate surface area is 155 Å². The minimum atomic E-state index is -3.39. The molecule has 0 aliphatic carbocycles. The van der Waals surface area contributed by atoms with Crippen molar-refractivity contribution in [3.63, 3.8) is 0 Å². The van der Waals surface area contributed by atoms with Gasteiger partial charge in [-0.1, -0.05) is 20.8 Å². The first-order valence-corrected chi connectivity index (χ1v) is 10.9. The topological polar surface area (TPSA) is 102 Å². The van der Waals surface area contributed by atoms with Gasteiger partial charge in [0.15, 0.2) is 9.84 Å². The number of nitrogens with zero attached hydrogens (tertiary/aromatic N) is 1. The molecule has 2 aliphatic rings. The highest BCUT2D eigenvalue weighted by Gasteiger charge is 2.34. The molecule has 2 heterocycles. The summed E-state index contributed by atoms with van der Waals surface area (Å²) in [6, 6.07) is -0.354. The van der Waals surface area contributed by atoms with Crippen LogP contribution in [-0.2, 0) is 28.9 Å². The van der Waals surface area contributed by atoms with Gasteiger partial charge >= 0.3 is 0 Å². The summed E-state index contributed by atoms with van der Waals surface area (Å²) in [7, 11) is -3.39. The van der Waals surface area contributed by atoms with Gasteiger partial charge in [-0.15, -0.1) is 0 Å². The number of carbonyl (C=O) groups is 2. The second kappa shape index (κ2) is 8.67. The van der Waals surface area contributed by atoms with Gasteiger partial charge in [-0.3, -0.25) is 9.59 Å². The summed E-state index contributed by atoms with van der Waals surface area (Å²) in [5.41, 5.74) is 0.0934. The van der Waals surface area contributed by atoms with Crippen molar-refractivity contribution in [1.82, 2.24) is 10.2 Å². The lowest BCUT2D eigenvalue weighted by Crippen LogP contribution is -2.55. The highest BCUT2D eigenvalue weighted by Crippen LogP contribution is 2.32. The molecule has 0 saturated carbocycles. The van der Waals surface area contributed by atoms with Gasteiger partial charge in [0.25, 0.3) is 0 Å². The average molecular weight is 391 g/mol. The van der Waals surface area contributed by atoms with Crippen molar-refractivity contribution in [3.8, 4) is 0 Å². The molecule has 2 unspecified atom stereocenters. The molecule has 2 aliphatic heterocycles. The molecule has 0 aromatic rings. The standard InChI is InChI=1S/C17H30N2O6S/c1-4-26(22,23)11-16(21)19-5-6-24-10-13(19)9-18-15(20)7-14-8-17(2,3)12-25-14/h13-14H,4-12H2,1-3H3,(H,18,20). The van der Waals surface area contributed by atoms with E-state index in [2.05, 4.69) is 19.2 Å². The van der Waals surface area contributed by atoms with E-state index in [1.54, 1.807) is 0 Å². The lowest BCUT2D eigenvalue weighted by atomic mass is 9.90. The summed E-state index contributed by atoms with van der Waals surface area (Å²) in [6.45, 7) is 7.61. The zero-order valence-electron chi connectivity index (χ0n) is 15.8. The van der Waals surface area contributed by atoms with Gasteiger partial charge in [0.2, 0.25) is 11.8 Å². The van der Waals surface area contributed by atoms with Gasteiger partial charge < -0.3 is 19.7 Å². The molecule has 0 spiro atoms. The smallest absolute Gasteiger partial charge is 0.238 e. The third-order valence-electron chi connectivity index (χ3n) is 4.77. The summed E-state index contributed by atoms with van der Waals surface area (Å²) in [5, 5.41) is 2.83. The van der Waals surface area contributed by atoms with Gasteiger partial charge in [0.05, 0.1) is 38.4 Å². The number of nitrogens with one attached hydrogen (secondary N) is 1. The van der Waals surface area contributed by atoms with Crippen molar-refractivity contribution in [2.45, 2.75) is 45.8 Å². The van der Waals surface area contributed by atoms with Crippen LogP contribution in [0.1, 0.15) is 33.6 Å². The highest BCUT2D eigenvalue weighted by molar-refractivity contribution is 7.92. The maximum atomic E-state index is 12.3. The minimum absolute atomic E-state index is 0.0672. The van der Waals surface area contributed by atoms with Crippen molar-refractivity contribution in [3.05, 3.63) is 0 Å². The number of rotatable bonds is 7. The van der Waals surface area contributed by atoms with Gasteiger partial charge in [-0.2, -0.15) is 0 Å². The average Bonchev–Trinajstić information content (AvgIpc) is 2.91. The summed E-state index contributed by atoms with van der Waals surface area (Å²) in [6.07, 6.45) is 1.04. The molecular formula is C17H30N2O6S. The number of hydrogen-bond acceptors (Lipinski definition) is 6. The van der Waals surface area contributed by atoms with Gasteiger partial charge in [0, 0.05) is 18.8 Å². The lowest BCUT2D eigenvalue weighted by molar-refractivity contribution is -0.138. The van der Waals surface area contributed by atoms with Crippen molar-refractivity contribution in [2.75, 3.05) is 44.4 Å². The molecule has 0 radical (unpaired) electrons. The fourth-order valence-corrected chi connectivity index (χ4v) is 3.99. The molecule has 2 fully saturated rings. The SMILES string of the molecule is CCS(=O)(=O)CC(=O)N1CCOCC1CNC(=O)CC1CC(C)(C)CO1. The predicted molar refractivity (Wildman–Crippen MR) is 96.4 cm³/mol. The van der Waals surface area contributed by atoms with E-state index in [9.17, 15) is 18.0 Å². The van der Waals surface area contributed by atoms with Crippen LogP contribution in [0.2, 0.25) is 0 Å². The Morgan fingerprint density at radius 1 is 1.31 bits per heavy atom. The van der Waals surface area contributed by atoms with E-state index >= 15 is 0 Å².